The summed E-state index contributed by atoms with van der Waals surface area (Å²) in [5, 5.41) is 11.4. The molecule has 57 heavy (non-hydrogen) atoms. The highest BCUT2D eigenvalue weighted by molar-refractivity contribution is 6.15. The second-order valence-corrected chi connectivity index (χ2v) is 14.7. The van der Waals surface area contributed by atoms with Crippen LogP contribution in [0.5, 0.6) is 0 Å². The highest BCUT2D eigenvalue weighted by Gasteiger charge is 2.19. The van der Waals surface area contributed by atoms with E-state index in [1.165, 1.54) is 32.6 Å². The molecule has 3 heterocycles. The number of hydrogen-bond donors (Lipinski definition) is 0. The van der Waals surface area contributed by atoms with Gasteiger partial charge in [0.2, 0.25) is 0 Å². The van der Waals surface area contributed by atoms with E-state index < -0.39 is 0 Å². The molecular weight excluding hydrogens is 693 g/mol. The molecule has 0 unspecified atom stereocenters. The van der Waals surface area contributed by atoms with Gasteiger partial charge in [-0.15, -0.1) is 0 Å². The van der Waals surface area contributed by atoms with E-state index in [2.05, 4.69) is 205 Å². The summed E-state index contributed by atoms with van der Waals surface area (Å²) >= 11 is 0. The lowest BCUT2D eigenvalue weighted by atomic mass is 10.0. The van der Waals surface area contributed by atoms with Crippen molar-refractivity contribution in [1.82, 2.24) is 19.1 Å². The minimum Gasteiger partial charge on any atom is -0.309 e. The van der Waals surface area contributed by atoms with Gasteiger partial charge in [0.05, 0.1) is 38.8 Å². The molecule has 11 rings (SSSR count). The number of benzene rings is 8. The van der Waals surface area contributed by atoms with E-state index in [-0.39, 0.29) is 0 Å². The van der Waals surface area contributed by atoms with Crippen LogP contribution < -0.4 is 10.6 Å². The lowest BCUT2D eigenvalue weighted by Gasteiger charge is -2.15. The van der Waals surface area contributed by atoms with Crippen molar-refractivity contribution in [3.8, 4) is 22.8 Å². The second kappa shape index (κ2) is 13.0. The van der Waals surface area contributed by atoms with Crippen molar-refractivity contribution in [3.05, 3.63) is 198 Å². The van der Waals surface area contributed by atoms with Crippen LogP contribution in [-0.2, 0) is 0 Å². The summed E-state index contributed by atoms with van der Waals surface area (Å²) < 4.78 is 4.71. The maximum Gasteiger partial charge on any atom is 0.161 e. The minimum atomic E-state index is 0.698. The van der Waals surface area contributed by atoms with Gasteiger partial charge in [0.25, 0.3) is 0 Å². The Morgan fingerprint density at radius 1 is 0.509 bits per heavy atom. The van der Waals surface area contributed by atoms with Gasteiger partial charge in [-0.25, -0.2) is 9.97 Å². The van der Waals surface area contributed by atoms with Gasteiger partial charge < -0.3 is 9.13 Å². The topological polar surface area (TPSA) is 35.6 Å². The van der Waals surface area contributed by atoms with Gasteiger partial charge >= 0.3 is 0 Å². The van der Waals surface area contributed by atoms with Crippen LogP contribution in [0.2, 0.25) is 0 Å². The summed E-state index contributed by atoms with van der Waals surface area (Å²) in [4.78, 5) is 10.6. The smallest absolute Gasteiger partial charge is 0.161 e. The molecule has 268 valence electrons. The van der Waals surface area contributed by atoms with E-state index in [1.807, 2.05) is 6.07 Å². The largest absolute Gasteiger partial charge is 0.309 e. The first-order chi connectivity index (χ1) is 28.1. The predicted molar refractivity (Wildman–Crippen MR) is 240 cm³/mol. The van der Waals surface area contributed by atoms with Gasteiger partial charge in [-0.1, -0.05) is 134 Å². The van der Waals surface area contributed by atoms with E-state index in [0.29, 0.717) is 5.82 Å². The van der Waals surface area contributed by atoms with E-state index in [9.17, 15) is 0 Å². The molecule has 0 saturated heterocycles. The first-order valence-electron chi connectivity index (χ1n) is 19.4. The lowest BCUT2D eigenvalue weighted by molar-refractivity contribution is 1.07. The van der Waals surface area contributed by atoms with Crippen LogP contribution in [0.4, 0.5) is 0 Å². The molecule has 3 aromatic heterocycles. The third-order valence-electron chi connectivity index (χ3n) is 11.4. The van der Waals surface area contributed by atoms with Crippen molar-refractivity contribution in [2.75, 3.05) is 0 Å². The maximum absolute atomic E-state index is 5.38. The molecule has 0 aliphatic rings. The van der Waals surface area contributed by atoms with Crippen LogP contribution in [-0.4, -0.2) is 19.1 Å². The number of nitrogens with zero attached hydrogens (tertiary/aromatic N) is 4. The molecule has 0 aliphatic carbocycles. The van der Waals surface area contributed by atoms with Crippen LogP contribution in [0.3, 0.4) is 0 Å². The molecule has 0 N–H and O–H groups in total. The molecule has 4 heteroatoms. The maximum atomic E-state index is 5.38. The Labute approximate surface area is 329 Å². The molecule has 8 aromatic carbocycles. The number of para-hydroxylation sites is 4. The summed E-state index contributed by atoms with van der Waals surface area (Å²) in [5.74, 6) is 0.698. The normalized spacial score (nSPS) is 12.6. The second-order valence-electron chi connectivity index (χ2n) is 14.7. The number of fused-ring (bicyclic) bond motifs is 7. The fraction of sp³-hybridized carbons (Fsp3) is 0.0189. The van der Waals surface area contributed by atoms with Crippen molar-refractivity contribution < 1.29 is 0 Å². The van der Waals surface area contributed by atoms with Crippen molar-refractivity contribution in [2.45, 2.75) is 6.92 Å². The van der Waals surface area contributed by atoms with Crippen LogP contribution in [0.25, 0.3) is 106 Å². The zero-order valence-electron chi connectivity index (χ0n) is 31.4. The van der Waals surface area contributed by atoms with Gasteiger partial charge in [0.15, 0.2) is 5.82 Å². The zero-order chi connectivity index (χ0) is 38.0. The average molecular weight is 729 g/mol. The van der Waals surface area contributed by atoms with Gasteiger partial charge in [-0.3, -0.25) is 0 Å². The molecule has 0 amide bonds. The van der Waals surface area contributed by atoms with Crippen LogP contribution in [0.1, 0.15) is 12.6 Å². The van der Waals surface area contributed by atoms with Crippen molar-refractivity contribution in [2.24, 2.45) is 0 Å². The number of aromatic nitrogens is 4. The number of hydrogen-bond acceptors (Lipinski definition) is 2. The summed E-state index contributed by atoms with van der Waals surface area (Å²) in [6.07, 6.45) is 4.36. The molecule has 0 atom stereocenters. The Bertz CT molecular complexity index is 3550. The fourth-order valence-corrected chi connectivity index (χ4v) is 8.73. The summed E-state index contributed by atoms with van der Waals surface area (Å²) in [6, 6.07) is 62.4. The van der Waals surface area contributed by atoms with Gasteiger partial charge in [-0.2, -0.15) is 0 Å². The zero-order valence-corrected chi connectivity index (χ0v) is 31.4. The molecule has 0 fully saturated rings. The third kappa shape index (κ3) is 5.22. The van der Waals surface area contributed by atoms with Gasteiger partial charge in [-0.05, 0) is 89.3 Å². The van der Waals surface area contributed by atoms with E-state index >= 15 is 0 Å². The standard InChI is InChI=1S/C53H36N4/c1-34(28-30-47-35(2)39-20-11-14-26-48(39)56(47)38-18-4-3-5-19-38)52-44-24-10-13-25-46(44)54-53(55-52)43-29-31-50(41-22-9-8-21-40(41)43)57-49-27-15-12-23-42(49)45-32-36-16-6-7-17-37(36)33-51(45)57/h3-33H,2H2,1H3/b34-28+,47-30+. The summed E-state index contributed by atoms with van der Waals surface area (Å²) in [6.45, 7) is 6.68. The van der Waals surface area contributed by atoms with Gasteiger partial charge in [0, 0.05) is 43.4 Å². The molecule has 0 saturated carbocycles. The molecule has 4 nitrogen and oxygen atoms in total. The Balaban J connectivity index is 1.11. The fourth-order valence-electron chi connectivity index (χ4n) is 8.73. The van der Waals surface area contributed by atoms with Gasteiger partial charge in [0.1, 0.15) is 0 Å². The monoisotopic (exact) mass is 728 g/mol. The first kappa shape index (κ1) is 32.8. The summed E-state index contributed by atoms with van der Waals surface area (Å²) in [5.41, 5.74) is 9.56. The molecule has 0 spiro atoms. The Morgan fingerprint density at radius 2 is 1.12 bits per heavy atom. The van der Waals surface area contributed by atoms with Crippen molar-refractivity contribution >= 4 is 83.4 Å². The minimum absolute atomic E-state index is 0.698. The third-order valence-corrected chi connectivity index (χ3v) is 11.4. The Hall–Kier alpha value is -7.56. The molecular formula is C53H36N4. The van der Waals surface area contributed by atoms with Crippen LogP contribution in [0, 0.1) is 0 Å². The van der Waals surface area contributed by atoms with E-state index in [1.54, 1.807) is 0 Å². The SMILES string of the molecule is C=c1/c(=C\C=C(/C)c2nc(-c3ccc(-n4c5ccccc5c5cc6ccccc6cc54)c4ccccc34)nc3ccccc23)n(-c2ccccc2)c2ccccc12. The van der Waals surface area contributed by atoms with E-state index in [0.717, 1.165) is 71.4 Å². The predicted octanol–water partition coefficient (Wildman–Crippen LogP) is 11.9. The Morgan fingerprint density at radius 3 is 1.91 bits per heavy atom. The van der Waals surface area contributed by atoms with Crippen molar-refractivity contribution in [1.29, 1.82) is 0 Å². The molecule has 11 aromatic rings. The highest BCUT2D eigenvalue weighted by Crippen LogP contribution is 2.39. The van der Waals surface area contributed by atoms with Crippen molar-refractivity contribution in [3.63, 3.8) is 0 Å². The summed E-state index contributed by atoms with van der Waals surface area (Å²) in [7, 11) is 0. The highest BCUT2D eigenvalue weighted by atomic mass is 15.0. The first-order valence-corrected chi connectivity index (χ1v) is 19.4. The average Bonchev–Trinajstić information content (AvgIpc) is 3.74. The van der Waals surface area contributed by atoms with E-state index in [4.69, 9.17) is 9.97 Å². The molecule has 0 bridgehead atoms. The quantitative estimate of drug-likeness (QED) is 0.177. The molecule has 0 aliphatic heterocycles. The number of rotatable bonds is 5. The lowest BCUT2D eigenvalue weighted by Crippen LogP contribution is -2.27. The molecule has 0 radical (unpaired) electrons. The number of allylic oxidation sites excluding steroid dienone is 2. The van der Waals surface area contributed by atoms with Crippen LogP contribution in [0.15, 0.2) is 182 Å². The van der Waals surface area contributed by atoms with Crippen LogP contribution >= 0.6 is 0 Å². The Kier molecular flexibility index (Phi) is 7.51.